The Hall–Kier alpha value is -2.66. The molecule has 3 aromatic rings. The quantitative estimate of drug-likeness (QED) is 0.681. The van der Waals surface area contributed by atoms with Gasteiger partial charge in [-0.3, -0.25) is 0 Å². The van der Waals surface area contributed by atoms with Crippen LogP contribution in [0.15, 0.2) is 35.2 Å². The van der Waals surface area contributed by atoms with Gasteiger partial charge in [-0.25, -0.2) is 14.6 Å². The molecule has 0 bridgehead atoms. The zero-order valence-electron chi connectivity index (χ0n) is 13.9. The van der Waals surface area contributed by atoms with Crippen molar-refractivity contribution in [2.24, 2.45) is 7.05 Å². The summed E-state index contributed by atoms with van der Waals surface area (Å²) in [4.78, 5) is 8.57. The van der Waals surface area contributed by atoms with Crippen molar-refractivity contribution in [3.63, 3.8) is 0 Å². The van der Waals surface area contributed by atoms with Gasteiger partial charge in [0, 0.05) is 13.6 Å². The third-order valence-electron chi connectivity index (χ3n) is 3.73. The molecule has 0 aliphatic heterocycles. The van der Waals surface area contributed by atoms with Crippen LogP contribution in [-0.2, 0) is 13.6 Å². The molecule has 0 amide bonds. The molecule has 8 heteroatoms. The summed E-state index contributed by atoms with van der Waals surface area (Å²) < 4.78 is 8.06. The smallest absolute Gasteiger partial charge is 0.184 e. The number of anilines is 1. The monoisotopic (exact) mass is 400 g/mol. The highest BCUT2D eigenvalue weighted by Crippen LogP contribution is 2.27. The molecule has 0 saturated carbocycles. The Morgan fingerprint density at radius 3 is 3.00 bits per heavy atom. The molecule has 25 heavy (non-hydrogen) atoms. The molecule has 128 valence electrons. The summed E-state index contributed by atoms with van der Waals surface area (Å²) in [5.41, 5.74) is 1.78. The van der Waals surface area contributed by atoms with E-state index in [4.69, 9.17) is 10.00 Å². The molecule has 0 fully saturated rings. The molecule has 0 saturated heterocycles. The first-order valence-corrected chi connectivity index (χ1v) is 8.64. The first-order chi connectivity index (χ1) is 12.1. The predicted molar refractivity (Wildman–Crippen MR) is 98.1 cm³/mol. The van der Waals surface area contributed by atoms with E-state index in [0.717, 1.165) is 16.6 Å². The number of halogens is 1. The van der Waals surface area contributed by atoms with Gasteiger partial charge in [0.2, 0.25) is 0 Å². The minimum atomic E-state index is -0.434. The third kappa shape index (κ3) is 3.72. The van der Waals surface area contributed by atoms with Gasteiger partial charge in [-0.1, -0.05) is 19.1 Å². The summed E-state index contributed by atoms with van der Waals surface area (Å²) in [5.74, 6) is 1.39. The molecule has 0 aliphatic carbocycles. The molecular formula is C17H17BrN6O. The fourth-order valence-corrected chi connectivity index (χ4v) is 3.06. The van der Waals surface area contributed by atoms with E-state index in [1.807, 2.05) is 38.2 Å². The van der Waals surface area contributed by atoms with Crippen molar-refractivity contribution < 1.29 is 4.74 Å². The molecule has 1 aromatic carbocycles. The summed E-state index contributed by atoms with van der Waals surface area (Å²) in [7, 11) is 1.84. The second-order valence-corrected chi connectivity index (χ2v) is 6.23. The molecule has 0 radical (unpaired) electrons. The fourth-order valence-electron chi connectivity index (χ4n) is 2.45. The molecule has 7 nitrogen and oxygen atoms in total. The third-order valence-corrected chi connectivity index (χ3v) is 4.28. The molecule has 2 heterocycles. The van der Waals surface area contributed by atoms with Crippen molar-refractivity contribution >= 4 is 32.8 Å². The minimum absolute atomic E-state index is 0.434. The van der Waals surface area contributed by atoms with Gasteiger partial charge in [0.25, 0.3) is 0 Å². The fraction of sp³-hybridized carbons (Fsp3) is 0.294. The molecule has 3 rings (SSSR count). The predicted octanol–water partition coefficient (Wildman–Crippen LogP) is 3.42. The van der Waals surface area contributed by atoms with Gasteiger partial charge in [-0.05, 0) is 40.0 Å². The molecule has 1 unspecified atom stereocenters. The van der Waals surface area contributed by atoms with Crippen LogP contribution < -0.4 is 10.1 Å². The van der Waals surface area contributed by atoms with Crippen molar-refractivity contribution in [2.45, 2.75) is 26.0 Å². The van der Waals surface area contributed by atoms with Gasteiger partial charge in [-0.15, -0.1) is 0 Å². The molecule has 0 spiro atoms. The van der Waals surface area contributed by atoms with Gasteiger partial charge in [0.1, 0.15) is 28.6 Å². The molecule has 0 aliphatic rings. The average molecular weight is 401 g/mol. The molecule has 2 aromatic heterocycles. The van der Waals surface area contributed by atoms with Gasteiger partial charge < -0.3 is 10.1 Å². The first-order valence-electron chi connectivity index (χ1n) is 7.84. The maximum absolute atomic E-state index is 9.02. The number of nitrogens with zero attached hydrogens (tertiary/aromatic N) is 5. The number of rotatable bonds is 6. The number of aromatic nitrogens is 4. The second kappa shape index (κ2) is 7.49. The SMILES string of the molecule is CCC(C#N)Oc1cccc(CNc2ncnc3c2c(Br)nn3C)c1. The molecule has 1 N–H and O–H groups in total. The van der Waals surface area contributed by atoms with Crippen molar-refractivity contribution in [1.82, 2.24) is 19.7 Å². The van der Waals surface area contributed by atoms with E-state index in [1.54, 1.807) is 4.68 Å². The van der Waals surface area contributed by atoms with E-state index < -0.39 is 6.10 Å². The topological polar surface area (TPSA) is 88.7 Å². The lowest BCUT2D eigenvalue weighted by Crippen LogP contribution is -2.12. The standard InChI is InChI=1S/C17H17BrN6O/c1-3-12(8-19)25-13-6-4-5-11(7-13)9-20-16-14-15(18)23-24(2)17(14)22-10-21-16/h4-7,10,12H,3,9H2,1-2H3,(H,20,21,22). The Bertz CT molecular complexity index is 933. The van der Waals surface area contributed by atoms with Gasteiger partial charge in [-0.2, -0.15) is 10.4 Å². The maximum atomic E-state index is 9.02. The minimum Gasteiger partial charge on any atom is -0.476 e. The number of aryl methyl sites for hydroxylation is 1. The van der Waals surface area contributed by atoms with E-state index in [1.165, 1.54) is 6.33 Å². The highest BCUT2D eigenvalue weighted by Gasteiger charge is 2.13. The normalized spacial score (nSPS) is 11.9. The highest BCUT2D eigenvalue weighted by molar-refractivity contribution is 9.10. The number of hydrogen-bond acceptors (Lipinski definition) is 6. The van der Waals surface area contributed by atoms with E-state index in [2.05, 4.69) is 42.4 Å². The number of ether oxygens (including phenoxy) is 1. The highest BCUT2D eigenvalue weighted by atomic mass is 79.9. The maximum Gasteiger partial charge on any atom is 0.184 e. The van der Waals surface area contributed by atoms with Crippen LogP contribution in [0.25, 0.3) is 11.0 Å². The number of nitriles is 1. The summed E-state index contributed by atoms with van der Waals surface area (Å²) >= 11 is 3.45. The van der Waals surface area contributed by atoms with Crippen LogP contribution in [0.3, 0.4) is 0 Å². The number of benzene rings is 1. The first kappa shape index (κ1) is 17.2. The number of nitrogens with one attached hydrogen (secondary N) is 1. The van der Waals surface area contributed by atoms with Crippen LogP contribution in [-0.4, -0.2) is 25.9 Å². The lowest BCUT2D eigenvalue weighted by Gasteiger charge is -2.12. The van der Waals surface area contributed by atoms with Gasteiger partial charge >= 0.3 is 0 Å². The van der Waals surface area contributed by atoms with E-state index in [0.29, 0.717) is 29.1 Å². The summed E-state index contributed by atoms with van der Waals surface area (Å²) in [6.07, 6.45) is 1.72. The van der Waals surface area contributed by atoms with Gasteiger partial charge in [0.15, 0.2) is 11.8 Å². The zero-order chi connectivity index (χ0) is 17.8. The van der Waals surface area contributed by atoms with Crippen molar-refractivity contribution in [3.05, 3.63) is 40.8 Å². The summed E-state index contributed by atoms with van der Waals surface area (Å²) in [6.45, 7) is 2.49. The van der Waals surface area contributed by atoms with Crippen LogP contribution >= 0.6 is 15.9 Å². The van der Waals surface area contributed by atoms with Crippen LogP contribution in [0.2, 0.25) is 0 Å². The lowest BCUT2D eigenvalue weighted by molar-refractivity contribution is 0.251. The van der Waals surface area contributed by atoms with E-state index in [-0.39, 0.29) is 0 Å². The van der Waals surface area contributed by atoms with Crippen molar-refractivity contribution in [1.29, 1.82) is 5.26 Å². The number of hydrogen-bond donors (Lipinski definition) is 1. The van der Waals surface area contributed by atoms with Crippen LogP contribution in [0, 0.1) is 11.3 Å². The van der Waals surface area contributed by atoms with Crippen molar-refractivity contribution in [3.8, 4) is 11.8 Å². The van der Waals surface area contributed by atoms with Crippen LogP contribution in [0.1, 0.15) is 18.9 Å². The Kier molecular flexibility index (Phi) is 5.14. The van der Waals surface area contributed by atoms with E-state index in [9.17, 15) is 0 Å². The second-order valence-electron chi connectivity index (χ2n) is 5.48. The lowest BCUT2D eigenvalue weighted by atomic mass is 10.2. The Morgan fingerprint density at radius 2 is 2.24 bits per heavy atom. The average Bonchev–Trinajstić information content (AvgIpc) is 2.93. The Balaban J connectivity index is 1.78. The summed E-state index contributed by atoms with van der Waals surface area (Å²) in [6, 6.07) is 9.81. The molecule has 1 atom stereocenters. The Labute approximate surface area is 153 Å². The van der Waals surface area contributed by atoms with Crippen molar-refractivity contribution in [2.75, 3.05) is 5.32 Å². The van der Waals surface area contributed by atoms with Crippen LogP contribution in [0.4, 0.5) is 5.82 Å². The Morgan fingerprint density at radius 1 is 1.40 bits per heavy atom. The number of fused-ring (bicyclic) bond motifs is 1. The zero-order valence-corrected chi connectivity index (χ0v) is 15.5. The van der Waals surface area contributed by atoms with Crippen LogP contribution in [0.5, 0.6) is 5.75 Å². The van der Waals surface area contributed by atoms with E-state index >= 15 is 0 Å². The van der Waals surface area contributed by atoms with Gasteiger partial charge in [0.05, 0.1) is 5.39 Å². The molecular weight excluding hydrogens is 384 g/mol. The summed E-state index contributed by atoms with van der Waals surface area (Å²) in [5, 5.41) is 17.5. The largest absolute Gasteiger partial charge is 0.476 e.